The molecule has 0 bridgehead atoms. The van der Waals surface area contributed by atoms with E-state index in [0.29, 0.717) is 16.7 Å². The normalized spacial score (nSPS) is 28.7. The molecule has 7 heteroatoms. The number of nitrogens with zero attached hydrogens (tertiary/aromatic N) is 1. The van der Waals surface area contributed by atoms with E-state index in [1.165, 1.54) is 11.8 Å². The fraction of sp³-hybridized carbons (Fsp3) is 0.417. The van der Waals surface area contributed by atoms with Crippen molar-refractivity contribution in [1.82, 2.24) is 4.90 Å². The molecule has 2 saturated heterocycles. The summed E-state index contributed by atoms with van der Waals surface area (Å²) in [5.74, 6) is 0.335. The Bertz CT molecular complexity index is 632. The summed E-state index contributed by atoms with van der Waals surface area (Å²) >= 11 is 7.49. The molecule has 0 spiro atoms. The van der Waals surface area contributed by atoms with Crippen LogP contribution in [-0.2, 0) is 16.4 Å². The molecule has 1 aromatic carbocycles. The first kappa shape index (κ1) is 13.3. The quantitative estimate of drug-likeness (QED) is 0.906. The lowest BCUT2D eigenvalue weighted by atomic mass is 10.1. The van der Waals surface area contributed by atoms with Gasteiger partial charge in [-0.25, -0.2) is 8.42 Å². The topological polar surface area (TPSA) is 61.2 Å². The number of fused-ring (bicyclic) bond motifs is 1. The third kappa shape index (κ3) is 2.49. The van der Waals surface area contributed by atoms with Gasteiger partial charge in [0.15, 0.2) is 15.0 Å². The summed E-state index contributed by atoms with van der Waals surface area (Å²) in [5.41, 5.74) is 0.930. The summed E-state index contributed by atoms with van der Waals surface area (Å²) in [7, 11) is -2.96. The van der Waals surface area contributed by atoms with Crippen LogP contribution in [0.4, 0.5) is 0 Å². The van der Waals surface area contributed by atoms with Crippen molar-refractivity contribution in [2.45, 2.75) is 17.8 Å². The van der Waals surface area contributed by atoms with Crippen molar-refractivity contribution in [3.63, 3.8) is 0 Å². The third-order valence-corrected chi connectivity index (χ3v) is 7.03. The molecule has 2 aliphatic rings. The number of sulfone groups is 1. The first-order valence-corrected chi connectivity index (χ1v) is 9.00. The number of hydrogen-bond acceptors (Lipinski definition) is 4. The first-order chi connectivity index (χ1) is 8.96. The lowest BCUT2D eigenvalue weighted by Gasteiger charge is -2.24. The maximum Gasteiger partial charge on any atom is 0.157 e. The Hall–Kier alpha value is -0.720. The lowest BCUT2D eigenvalue weighted by molar-refractivity contribution is 0.349. The van der Waals surface area contributed by atoms with Gasteiger partial charge in [-0.1, -0.05) is 41.6 Å². The molecule has 0 radical (unpaired) electrons. The van der Waals surface area contributed by atoms with E-state index >= 15 is 0 Å². The van der Waals surface area contributed by atoms with E-state index in [0.717, 1.165) is 5.56 Å². The molecule has 1 N–H and O–H groups in total. The van der Waals surface area contributed by atoms with Crippen molar-refractivity contribution in [3.05, 3.63) is 34.9 Å². The molecule has 4 nitrogen and oxygen atoms in total. The second kappa shape index (κ2) is 4.68. The van der Waals surface area contributed by atoms with Gasteiger partial charge in [-0.3, -0.25) is 5.41 Å². The molecule has 102 valence electrons. The zero-order valence-electron chi connectivity index (χ0n) is 10.0. The molecule has 1 aromatic rings. The molecule has 2 fully saturated rings. The highest BCUT2D eigenvalue weighted by Crippen LogP contribution is 2.38. The SMILES string of the molecule is N=C1SC2CS(=O)(=O)CC2N1Cc1ccccc1Cl. The highest BCUT2D eigenvalue weighted by atomic mass is 35.5. The molecular weight excluding hydrogens is 304 g/mol. The highest BCUT2D eigenvalue weighted by Gasteiger charge is 2.48. The number of nitrogens with one attached hydrogen (secondary N) is 1. The van der Waals surface area contributed by atoms with E-state index in [1.807, 2.05) is 29.2 Å². The van der Waals surface area contributed by atoms with Gasteiger partial charge < -0.3 is 4.90 Å². The van der Waals surface area contributed by atoms with Crippen LogP contribution in [0.3, 0.4) is 0 Å². The van der Waals surface area contributed by atoms with Gasteiger partial charge >= 0.3 is 0 Å². The van der Waals surface area contributed by atoms with Gasteiger partial charge in [0.2, 0.25) is 0 Å². The average molecular weight is 317 g/mol. The van der Waals surface area contributed by atoms with Crippen molar-refractivity contribution in [2.24, 2.45) is 0 Å². The van der Waals surface area contributed by atoms with Crippen molar-refractivity contribution in [3.8, 4) is 0 Å². The first-order valence-electron chi connectivity index (χ1n) is 5.92. The lowest BCUT2D eigenvalue weighted by Crippen LogP contribution is -2.36. The van der Waals surface area contributed by atoms with Crippen LogP contribution < -0.4 is 0 Å². The van der Waals surface area contributed by atoms with Crippen LogP contribution in [0.5, 0.6) is 0 Å². The number of benzene rings is 1. The fourth-order valence-corrected chi connectivity index (χ4v) is 6.59. The number of halogens is 1. The van der Waals surface area contributed by atoms with E-state index in [1.54, 1.807) is 0 Å². The molecular formula is C12H13ClN2O2S2. The fourth-order valence-electron chi connectivity index (χ4n) is 2.56. The molecule has 0 aliphatic carbocycles. The van der Waals surface area contributed by atoms with Gasteiger partial charge in [0.1, 0.15) is 0 Å². The molecule has 0 amide bonds. The van der Waals surface area contributed by atoms with E-state index in [9.17, 15) is 8.42 Å². The molecule has 2 aliphatic heterocycles. The smallest absolute Gasteiger partial charge is 0.157 e. The van der Waals surface area contributed by atoms with Crippen LogP contribution in [0.1, 0.15) is 5.56 Å². The van der Waals surface area contributed by atoms with Gasteiger partial charge in [-0.15, -0.1) is 0 Å². The second-order valence-electron chi connectivity index (χ2n) is 4.83. The summed E-state index contributed by atoms with van der Waals surface area (Å²) in [6.45, 7) is 0.502. The standard InChI is InChI=1S/C12H13ClN2O2S2/c13-9-4-2-1-3-8(9)5-15-10-6-19(16,17)7-11(10)18-12(15)14/h1-4,10-11,14H,5-7H2. The monoisotopic (exact) mass is 316 g/mol. The maximum absolute atomic E-state index is 11.7. The van der Waals surface area contributed by atoms with E-state index < -0.39 is 9.84 Å². The van der Waals surface area contributed by atoms with Crippen molar-refractivity contribution in [2.75, 3.05) is 11.5 Å². The van der Waals surface area contributed by atoms with Crippen LogP contribution in [-0.4, -0.2) is 41.3 Å². The Kier molecular flexibility index (Phi) is 3.27. The van der Waals surface area contributed by atoms with Gasteiger partial charge in [0.05, 0.1) is 17.5 Å². The largest absolute Gasteiger partial charge is 0.342 e. The molecule has 2 unspecified atom stereocenters. The van der Waals surface area contributed by atoms with Gasteiger partial charge in [-0.2, -0.15) is 0 Å². The average Bonchev–Trinajstić information content (AvgIpc) is 2.75. The zero-order valence-corrected chi connectivity index (χ0v) is 12.4. The van der Waals surface area contributed by atoms with Gasteiger partial charge in [-0.05, 0) is 11.6 Å². The van der Waals surface area contributed by atoms with E-state index in [2.05, 4.69) is 0 Å². The predicted molar refractivity (Wildman–Crippen MR) is 78.5 cm³/mol. The van der Waals surface area contributed by atoms with Crippen LogP contribution in [0.15, 0.2) is 24.3 Å². The molecule has 3 rings (SSSR count). The number of hydrogen-bond donors (Lipinski definition) is 1. The molecule has 19 heavy (non-hydrogen) atoms. The summed E-state index contributed by atoms with van der Waals surface area (Å²) in [6.07, 6.45) is 0. The molecule has 0 saturated carbocycles. The minimum atomic E-state index is -2.96. The Balaban J connectivity index is 1.85. The van der Waals surface area contributed by atoms with Crippen LogP contribution >= 0.6 is 23.4 Å². The Morgan fingerprint density at radius 3 is 2.84 bits per heavy atom. The van der Waals surface area contributed by atoms with E-state index in [4.69, 9.17) is 17.0 Å². The highest BCUT2D eigenvalue weighted by molar-refractivity contribution is 8.15. The summed E-state index contributed by atoms with van der Waals surface area (Å²) in [6, 6.07) is 7.40. The molecule has 2 heterocycles. The van der Waals surface area contributed by atoms with Crippen LogP contribution in [0, 0.1) is 5.41 Å². The Labute approximate surface area is 121 Å². The summed E-state index contributed by atoms with van der Waals surface area (Å²) in [4.78, 5) is 1.86. The molecule has 0 aromatic heterocycles. The van der Waals surface area contributed by atoms with Gasteiger partial charge in [0.25, 0.3) is 0 Å². The number of amidine groups is 1. The second-order valence-corrected chi connectivity index (χ2v) is 8.61. The van der Waals surface area contributed by atoms with E-state index in [-0.39, 0.29) is 22.8 Å². The summed E-state index contributed by atoms with van der Waals surface area (Å²) < 4.78 is 23.4. The third-order valence-electron chi connectivity index (χ3n) is 3.49. The summed E-state index contributed by atoms with van der Waals surface area (Å²) in [5, 5.41) is 9.11. The number of rotatable bonds is 2. The van der Waals surface area contributed by atoms with Crippen molar-refractivity contribution < 1.29 is 8.42 Å². The predicted octanol–water partition coefficient (Wildman–Crippen LogP) is 1.99. The van der Waals surface area contributed by atoms with Crippen molar-refractivity contribution >= 4 is 38.4 Å². The Morgan fingerprint density at radius 1 is 1.37 bits per heavy atom. The number of thioether (sulfide) groups is 1. The minimum Gasteiger partial charge on any atom is -0.342 e. The molecule has 2 atom stereocenters. The van der Waals surface area contributed by atoms with Crippen LogP contribution in [0.2, 0.25) is 5.02 Å². The van der Waals surface area contributed by atoms with Gasteiger partial charge in [0, 0.05) is 16.8 Å². The zero-order chi connectivity index (χ0) is 13.6. The maximum atomic E-state index is 11.7. The van der Waals surface area contributed by atoms with Crippen LogP contribution in [0.25, 0.3) is 0 Å². The Morgan fingerprint density at radius 2 is 2.11 bits per heavy atom. The van der Waals surface area contributed by atoms with Crippen molar-refractivity contribution in [1.29, 1.82) is 5.41 Å². The minimum absolute atomic E-state index is 0.0000113.